The lowest BCUT2D eigenvalue weighted by molar-refractivity contribution is -0.0384. The third-order valence-electron chi connectivity index (χ3n) is 5.64. The standard InChI is InChI=1S/C24H23ClF2N4O2/c1-2-33-23-29-13-17(14-30-23)22(32)31-21-19(15-3-5-18(25)6-4-15)9-12-28-20(21)16-7-10-24(26,27)11-8-16/h3-6,9,12-14,16H,2,7-8,10-11H2,1H3,(H,31,32). The number of rotatable bonds is 6. The molecule has 6 nitrogen and oxygen atoms in total. The second-order valence-corrected chi connectivity index (χ2v) is 8.33. The molecule has 2 heterocycles. The van der Waals surface area contributed by atoms with E-state index in [9.17, 15) is 13.6 Å². The van der Waals surface area contributed by atoms with Crippen LogP contribution in [0.25, 0.3) is 11.1 Å². The highest BCUT2D eigenvalue weighted by molar-refractivity contribution is 6.30. The van der Waals surface area contributed by atoms with Gasteiger partial charge in [0.1, 0.15) is 0 Å². The average molecular weight is 473 g/mol. The summed E-state index contributed by atoms with van der Waals surface area (Å²) in [6, 6.07) is 9.15. The van der Waals surface area contributed by atoms with E-state index >= 15 is 0 Å². The molecule has 0 saturated heterocycles. The van der Waals surface area contributed by atoms with Crippen molar-refractivity contribution in [3.05, 3.63) is 65.2 Å². The topological polar surface area (TPSA) is 77.0 Å². The van der Waals surface area contributed by atoms with Crippen molar-refractivity contribution in [1.82, 2.24) is 15.0 Å². The van der Waals surface area contributed by atoms with Crippen LogP contribution < -0.4 is 10.1 Å². The van der Waals surface area contributed by atoms with Crippen molar-refractivity contribution in [1.29, 1.82) is 0 Å². The fraction of sp³-hybridized carbons (Fsp3) is 0.333. The largest absolute Gasteiger partial charge is 0.464 e. The second-order valence-electron chi connectivity index (χ2n) is 7.90. The SMILES string of the molecule is CCOc1ncc(C(=O)Nc2c(-c3ccc(Cl)cc3)ccnc2C2CCC(F)(F)CC2)cn1. The molecule has 0 radical (unpaired) electrons. The molecule has 1 amide bonds. The number of hydrogen-bond acceptors (Lipinski definition) is 5. The Morgan fingerprint density at radius 1 is 1.12 bits per heavy atom. The summed E-state index contributed by atoms with van der Waals surface area (Å²) < 4.78 is 32.8. The Labute approximate surface area is 195 Å². The monoisotopic (exact) mass is 472 g/mol. The van der Waals surface area contributed by atoms with E-state index in [1.165, 1.54) is 12.4 Å². The first kappa shape index (κ1) is 23.0. The van der Waals surface area contributed by atoms with Gasteiger partial charge in [0.05, 0.1) is 23.6 Å². The van der Waals surface area contributed by atoms with E-state index < -0.39 is 11.8 Å². The fourth-order valence-corrected chi connectivity index (χ4v) is 4.05. The number of anilines is 1. The number of ether oxygens (including phenoxy) is 1. The van der Waals surface area contributed by atoms with Gasteiger partial charge in [-0.1, -0.05) is 23.7 Å². The lowest BCUT2D eigenvalue weighted by Gasteiger charge is -2.29. The Balaban J connectivity index is 1.70. The molecule has 172 valence electrons. The molecule has 4 rings (SSSR count). The van der Waals surface area contributed by atoms with Crippen molar-refractivity contribution in [3.8, 4) is 17.1 Å². The predicted molar refractivity (Wildman–Crippen MR) is 122 cm³/mol. The number of halogens is 3. The van der Waals surface area contributed by atoms with Crippen molar-refractivity contribution in [2.75, 3.05) is 11.9 Å². The highest BCUT2D eigenvalue weighted by atomic mass is 35.5. The number of amides is 1. The summed E-state index contributed by atoms with van der Waals surface area (Å²) in [5, 5.41) is 3.52. The third kappa shape index (κ3) is 5.45. The van der Waals surface area contributed by atoms with E-state index in [0.29, 0.717) is 35.9 Å². The van der Waals surface area contributed by atoms with Crippen LogP contribution in [0.4, 0.5) is 14.5 Å². The Kier molecular flexibility index (Phi) is 6.83. The normalized spacial score (nSPS) is 15.8. The maximum atomic E-state index is 13.8. The maximum Gasteiger partial charge on any atom is 0.316 e. The van der Waals surface area contributed by atoms with Crippen molar-refractivity contribution >= 4 is 23.2 Å². The molecule has 0 bridgehead atoms. The number of nitrogens with one attached hydrogen (secondary N) is 1. The zero-order chi connectivity index (χ0) is 23.4. The van der Waals surface area contributed by atoms with Gasteiger partial charge < -0.3 is 10.1 Å². The molecule has 0 atom stereocenters. The molecule has 3 aromatic rings. The molecule has 1 saturated carbocycles. The third-order valence-corrected chi connectivity index (χ3v) is 5.89. The van der Waals surface area contributed by atoms with Gasteiger partial charge in [-0.2, -0.15) is 0 Å². The molecule has 0 unspecified atom stereocenters. The lowest BCUT2D eigenvalue weighted by atomic mass is 9.83. The number of nitrogens with zero attached hydrogens (tertiary/aromatic N) is 3. The predicted octanol–water partition coefficient (Wildman–Crippen LogP) is 6.14. The number of alkyl halides is 2. The summed E-state index contributed by atoms with van der Waals surface area (Å²) in [6.45, 7) is 2.23. The molecule has 0 aliphatic heterocycles. The van der Waals surface area contributed by atoms with Crippen molar-refractivity contribution in [2.45, 2.75) is 44.4 Å². The summed E-state index contributed by atoms with van der Waals surface area (Å²) in [5.74, 6) is -3.28. The number of carbonyl (C=O) groups excluding carboxylic acids is 1. The van der Waals surface area contributed by atoms with Crippen LogP contribution in [0.3, 0.4) is 0 Å². The molecular formula is C24H23ClF2N4O2. The fourth-order valence-electron chi connectivity index (χ4n) is 3.93. The molecule has 1 aliphatic carbocycles. The number of carbonyl (C=O) groups is 1. The number of hydrogen-bond donors (Lipinski definition) is 1. The van der Waals surface area contributed by atoms with Crippen LogP contribution in [-0.4, -0.2) is 33.4 Å². The van der Waals surface area contributed by atoms with Gasteiger partial charge in [0.15, 0.2) is 0 Å². The van der Waals surface area contributed by atoms with Gasteiger partial charge in [0.2, 0.25) is 5.92 Å². The molecule has 1 fully saturated rings. The van der Waals surface area contributed by atoms with E-state index in [2.05, 4.69) is 20.3 Å². The van der Waals surface area contributed by atoms with Gasteiger partial charge in [0.25, 0.3) is 5.91 Å². The Hall–Kier alpha value is -3.13. The Morgan fingerprint density at radius 2 is 1.79 bits per heavy atom. The van der Waals surface area contributed by atoms with E-state index in [0.717, 1.165) is 11.1 Å². The highest BCUT2D eigenvalue weighted by Gasteiger charge is 2.37. The van der Waals surface area contributed by atoms with E-state index in [4.69, 9.17) is 16.3 Å². The summed E-state index contributed by atoms with van der Waals surface area (Å²) in [4.78, 5) is 25.6. The molecule has 33 heavy (non-hydrogen) atoms. The van der Waals surface area contributed by atoms with Crippen molar-refractivity contribution in [2.24, 2.45) is 0 Å². The summed E-state index contributed by atoms with van der Waals surface area (Å²) in [7, 11) is 0. The van der Waals surface area contributed by atoms with Gasteiger partial charge in [-0.05, 0) is 43.5 Å². The van der Waals surface area contributed by atoms with Gasteiger partial charge >= 0.3 is 6.01 Å². The maximum absolute atomic E-state index is 13.8. The van der Waals surface area contributed by atoms with Gasteiger partial charge in [-0.15, -0.1) is 0 Å². The van der Waals surface area contributed by atoms with Crippen molar-refractivity contribution < 1.29 is 18.3 Å². The first-order valence-corrected chi connectivity index (χ1v) is 11.1. The van der Waals surface area contributed by atoms with Crippen molar-refractivity contribution in [3.63, 3.8) is 0 Å². The molecule has 1 aromatic carbocycles. The molecule has 1 N–H and O–H groups in total. The minimum absolute atomic E-state index is 0.182. The first-order chi connectivity index (χ1) is 15.9. The van der Waals surface area contributed by atoms with E-state index in [1.807, 2.05) is 19.1 Å². The lowest BCUT2D eigenvalue weighted by Crippen LogP contribution is -2.25. The quantitative estimate of drug-likeness (QED) is 0.466. The van der Waals surface area contributed by atoms with Crippen LogP contribution in [0.5, 0.6) is 6.01 Å². The minimum atomic E-state index is -2.66. The number of aromatic nitrogens is 3. The number of pyridine rings is 1. The number of benzene rings is 1. The summed E-state index contributed by atoms with van der Waals surface area (Å²) in [6.07, 6.45) is 4.58. The van der Waals surface area contributed by atoms with Crippen LogP contribution in [0, 0.1) is 0 Å². The second kappa shape index (κ2) is 9.79. The van der Waals surface area contributed by atoms with Gasteiger partial charge in [0, 0.05) is 47.9 Å². The molecule has 1 aliphatic rings. The van der Waals surface area contributed by atoms with Gasteiger partial charge in [-0.25, -0.2) is 18.7 Å². The van der Waals surface area contributed by atoms with E-state index in [-0.39, 0.29) is 30.3 Å². The van der Waals surface area contributed by atoms with Crippen LogP contribution in [0.15, 0.2) is 48.9 Å². The zero-order valence-corrected chi connectivity index (χ0v) is 18.8. The average Bonchev–Trinajstić information content (AvgIpc) is 2.81. The van der Waals surface area contributed by atoms with Crippen LogP contribution in [-0.2, 0) is 0 Å². The molecule has 0 spiro atoms. The minimum Gasteiger partial charge on any atom is -0.464 e. The molecule has 9 heteroatoms. The highest BCUT2D eigenvalue weighted by Crippen LogP contribution is 2.44. The summed E-state index contributed by atoms with van der Waals surface area (Å²) in [5.41, 5.74) is 2.88. The van der Waals surface area contributed by atoms with Crippen LogP contribution >= 0.6 is 11.6 Å². The smallest absolute Gasteiger partial charge is 0.316 e. The Morgan fingerprint density at radius 3 is 2.42 bits per heavy atom. The van der Waals surface area contributed by atoms with Gasteiger partial charge in [-0.3, -0.25) is 9.78 Å². The van der Waals surface area contributed by atoms with Crippen LogP contribution in [0.1, 0.15) is 54.6 Å². The Bertz CT molecular complexity index is 1110. The molecule has 2 aromatic heterocycles. The zero-order valence-electron chi connectivity index (χ0n) is 18.0. The first-order valence-electron chi connectivity index (χ1n) is 10.7. The summed E-state index contributed by atoms with van der Waals surface area (Å²) >= 11 is 6.04. The van der Waals surface area contributed by atoms with E-state index in [1.54, 1.807) is 24.4 Å². The molecular weight excluding hydrogens is 450 g/mol. The van der Waals surface area contributed by atoms with Crippen LogP contribution in [0.2, 0.25) is 5.02 Å².